The van der Waals surface area contributed by atoms with Crippen LogP contribution < -0.4 is 5.32 Å². The highest BCUT2D eigenvalue weighted by Gasteiger charge is 2.51. The molecule has 0 radical (unpaired) electrons. The molecule has 1 fully saturated rings. The van der Waals surface area contributed by atoms with Crippen LogP contribution in [0.25, 0.3) is 5.78 Å². The molecule has 13 heteroatoms. The quantitative estimate of drug-likeness (QED) is 0.199. The van der Waals surface area contributed by atoms with Gasteiger partial charge in [-0.15, -0.1) is 10.2 Å². The van der Waals surface area contributed by atoms with Crippen molar-refractivity contribution in [2.24, 2.45) is 0 Å². The lowest BCUT2D eigenvalue weighted by molar-refractivity contribution is -0.0441. The first-order valence-electron chi connectivity index (χ1n) is 13.0. The number of hydrogen-bond donors (Lipinski definition) is 2. The summed E-state index contributed by atoms with van der Waals surface area (Å²) in [6.45, 7) is -0.308. The zero-order chi connectivity index (χ0) is 28.9. The zero-order valence-electron chi connectivity index (χ0n) is 21.9. The maximum atomic E-state index is 13.2. The summed E-state index contributed by atoms with van der Waals surface area (Å²) in [6.07, 6.45) is -3.07. The number of nitrogens with zero attached hydrogens (tertiary/aromatic N) is 4. The number of carbonyl (C=O) groups is 3. The number of carbonyl (C=O) groups excluding carboxylic acids is 3. The largest absolute Gasteiger partial charge is 0.459 e. The van der Waals surface area contributed by atoms with Crippen LogP contribution in [-0.2, 0) is 18.9 Å². The molecule has 0 amide bonds. The molecule has 2 aromatic heterocycles. The van der Waals surface area contributed by atoms with Crippen LogP contribution in [0, 0.1) is 0 Å². The molecular formula is C29H24N6O7. The Morgan fingerprint density at radius 2 is 1.31 bits per heavy atom. The number of nitrogens with one attached hydrogen (secondary N) is 2. The van der Waals surface area contributed by atoms with Gasteiger partial charge < -0.3 is 24.3 Å². The molecule has 0 spiro atoms. The van der Waals surface area contributed by atoms with Gasteiger partial charge in [0.1, 0.15) is 19.0 Å². The highest BCUT2D eigenvalue weighted by Crippen LogP contribution is 2.30. The summed E-state index contributed by atoms with van der Waals surface area (Å²) < 4.78 is 25.0. The molecule has 5 aromatic rings. The van der Waals surface area contributed by atoms with Gasteiger partial charge in [0, 0.05) is 0 Å². The van der Waals surface area contributed by atoms with E-state index in [1.807, 2.05) is 0 Å². The second-order valence-electron chi connectivity index (χ2n) is 9.22. The lowest BCUT2D eigenvalue weighted by Gasteiger charge is -2.24. The maximum Gasteiger partial charge on any atom is 0.338 e. The van der Waals surface area contributed by atoms with Crippen LogP contribution in [0.1, 0.15) is 31.1 Å². The summed E-state index contributed by atoms with van der Waals surface area (Å²) in [6, 6.07) is 25.1. The second kappa shape index (κ2) is 11.9. The number of esters is 3. The SMILES string of the molecule is O=C(OC[C@H]1OC(Nc2nnc3nc[nH]n23)[C@H](OC(=O)c2ccccc2)[C@@H]1OC(=O)c1ccccc1)c1ccccc1. The summed E-state index contributed by atoms with van der Waals surface area (Å²) in [4.78, 5) is 43.2. The summed E-state index contributed by atoms with van der Waals surface area (Å²) in [5.41, 5.74) is 0.889. The van der Waals surface area contributed by atoms with E-state index in [1.54, 1.807) is 91.0 Å². The molecule has 2 N–H and O–H groups in total. The van der Waals surface area contributed by atoms with Crippen molar-refractivity contribution in [3.05, 3.63) is 114 Å². The third-order valence-electron chi connectivity index (χ3n) is 6.49. The average Bonchev–Trinajstić information content (AvgIpc) is 3.74. The summed E-state index contributed by atoms with van der Waals surface area (Å²) in [5, 5.41) is 13.9. The Kier molecular flexibility index (Phi) is 7.55. The second-order valence-corrected chi connectivity index (χ2v) is 9.22. The van der Waals surface area contributed by atoms with Crippen LogP contribution in [0.5, 0.6) is 0 Å². The Morgan fingerprint density at radius 3 is 1.90 bits per heavy atom. The van der Waals surface area contributed by atoms with E-state index in [0.29, 0.717) is 5.56 Å². The molecule has 212 valence electrons. The van der Waals surface area contributed by atoms with E-state index in [-0.39, 0.29) is 29.5 Å². The highest BCUT2D eigenvalue weighted by atomic mass is 16.7. The van der Waals surface area contributed by atoms with Gasteiger partial charge in [0.15, 0.2) is 18.4 Å². The Hall–Kier alpha value is -5.56. The van der Waals surface area contributed by atoms with Gasteiger partial charge in [-0.2, -0.15) is 9.50 Å². The van der Waals surface area contributed by atoms with Crippen molar-refractivity contribution in [2.45, 2.75) is 24.5 Å². The molecule has 1 aliphatic heterocycles. The molecule has 1 aliphatic rings. The molecule has 1 saturated heterocycles. The lowest BCUT2D eigenvalue weighted by atomic mass is 10.1. The molecule has 13 nitrogen and oxygen atoms in total. The van der Waals surface area contributed by atoms with Gasteiger partial charge in [-0.25, -0.2) is 14.4 Å². The molecule has 1 unspecified atom stereocenters. The Bertz CT molecular complexity index is 1680. The molecule has 3 aromatic carbocycles. The van der Waals surface area contributed by atoms with Crippen molar-refractivity contribution in [1.29, 1.82) is 0 Å². The van der Waals surface area contributed by atoms with Gasteiger partial charge in [0.05, 0.1) is 16.7 Å². The minimum atomic E-state index is -1.19. The van der Waals surface area contributed by atoms with Crippen molar-refractivity contribution in [3.8, 4) is 0 Å². The van der Waals surface area contributed by atoms with Gasteiger partial charge >= 0.3 is 17.9 Å². The van der Waals surface area contributed by atoms with Crippen molar-refractivity contribution in [1.82, 2.24) is 24.8 Å². The van der Waals surface area contributed by atoms with Crippen molar-refractivity contribution in [2.75, 3.05) is 11.9 Å². The predicted molar refractivity (Wildman–Crippen MR) is 145 cm³/mol. The smallest absolute Gasteiger partial charge is 0.338 e. The van der Waals surface area contributed by atoms with Crippen LogP contribution in [0.2, 0.25) is 0 Å². The number of H-pyrrole nitrogens is 1. The number of aromatic amines is 1. The van der Waals surface area contributed by atoms with E-state index in [9.17, 15) is 14.4 Å². The summed E-state index contributed by atoms with van der Waals surface area (Å²) in [5.74, 6) is -1.47. The fourth-order valence-electron chi connectivity index (χ4n) is 4.44. The molecule has 4 atom stereocenters. The molecule has 0 bridgehead atoms. The number of aromatic nitrogens is 5. The normalized spacial score (nSPS) is 19.7. The van der Waals surface area contributed by atoms with Gasteiger partial charge in [-0.1, -0.05) is 54.6 Å². The fourth-order valence-corrected chi connectivity index (χ4v) is 4.44. The predicted octanol–water partition coefficient (Wildman–Crippen LogP) is 2.90. The number of fused-ring (bicyclic) bond motifs is 1. The molecule has 42 heavy (non-hydrogen) atoms. The van der Waals surface area contributed by atoms with Crippen LogP contribution in [0.4, 0.5) is 5.95 Å². The third-order valence-corrected chi connectivity index (χ3v) is 6.49. The summed E-state index contributed by atoms with van der Waals surface area (Å²) in [7, 11) is 0. The van der Waals surface area contributed by atoms with Gasteiger partial charge in [0.2, 0.25) is 5.95 Å². The van der Waals surface area contributed by atoms with Crippen LogP contribution in [-0.4, -0.2) is 73.9 Å². The monoisotopic (exact) mass is 568 g/mol. The number of rotatable bonds is 9. The van der Waals surface area contributed by atoms with Gasteiger partial charge in [-0.3, -0.25) is 5.10 Å². The van der Waals surface area contributed by atoms with Gasteiger partial charge in [-0.05, 0) is 36.4 Å². The average molecular weight is 569 g/mol. The number of ether oxygens (including phenoxy) is 4. The molecule has 0 saturated carbocycles. The zero-order valence-corrected chi connectivity index (χ0v) is 21.9. The van der Waals surface area contributed by atoms with E-state index >= 15 is 0 Å². The van der Waals surface area contributed by atoms with Crippen molar-refractivity contribution < 1.29 is 33.3 Å². The highest BCUT2D eigenvalue weighted by molar-refractivity contribution is 5.91. The van der Waals surface area contributed by atoms with E-state index in [1.165, 1.54) is 10.8 Å². The van der Waals surface area contributed by atoms with Crippen LogP contribution in [0.15, 0.2) is 97.3 Å². The fraction of sp³-hybridized carbons (Fsp3) is 0.172. The van der Waals surface area contributed by atoms with Gasteiger partial charge in [0.25, 0.3) is 5.78 Å². The summed E-state index contributed by atoms with van der Waals surface area (Å²) >= 11 is 0. The standard InChI is InChI=1S/C29H24N6O7/c36-25(18-10-4-1-5-11-18)39-16-21-22(41-26(37)19-12-6-2-7-13-19)23(42-27(38)20-14-8-3-9-15-20)24(40-21)32-29-34-33-28-30-17-31-35(28)29/h1-15,17,21-24H,16H2,(H,32,34)(H,30,31,33)/t21-,22-,23-,24?/m1/s1. The van der Waals surface area contributed by atoms with E-state index in [4.69, 9.17) is 18.9 Å². The minimum absolute atomic E-state index is 0.198. The topological polar surface area (TPSA) is 159 Å². The Morgan fingerprint density at radius 1 is 0.762 bits per heavy atom. The first-order chi connectivity index (χ1) is 20.6. The Balaban J connectivity index is 1.31. The Labute approximate surface area is 238 Å². The number of anilines is 1. The third kappa shape index (κ3) is 5.67. The van der Waals surface area contributed by atoms with E-state index in [2.05, 4.69) is 25.6 Å². The molecule has 3 heterocycles. The lowest BCUT2D eigenvalue weighted by Crippen LogP contribution is -2.43. The molecule has 0 aliphatic carbocycles. The molecular weight excluding hydrogens is 544 g/mol. The molecule has 6 rings (SSSR count). The van der Waals surface area contributed by atoms with Crippen molar-refractivity contribution >= 4 is 29.6 Å². The van der Waals surface area contributed by atoms with E-state index < -0.39 is 42.4 Å². The maximum absolute atomic E-state index is 13.2. The number of hydrogen-bond acceptors (Lipinski definition) is 11. The van der Waals surface area contributed by atoms with E-state index in [0.717, 1.165) is 0 Å². The minimum Gasteiger partial charge on any atom is -0.459 e. The van der Waals surface area contributed by atoms with Crippen LogP contribution in [0.3, 0.4) is 0 Å². The number of benzene rings is 3. The first-order valence-corrected chi connectivity index (χ1v) is 13.0. The first kappa shape index (κ1) is 26.7. The van der Waals surface area contributed by atoms with Crippen molar-refractivity contribution in [3.63, 3.8) is 0 Å². The van der Waals surface area contributed by atoms with Crippen LogP contribution >= 0.6 is 0 Å².